The highest BCUT2D eigenvalue weighted by atomic mass is 19.1. The first kappa shape index (κ1) is 22.3. The van der Waals surface area contributed by atoms with Crippen LogP contribution in [-0.4, -0.2) is 54.4 Å². The Kier molecular flexibility index (Phi) is 7.08. The number of carbonyl (C=O) groups is 2. The molecule has 0 bridgehead atoms. The summed E-state index contributed by atoms with van der Waals surface area (Å²) >= 11 is 0. The maximum Gasteiger partial charge on any atom is 0.256 e. The third-order valence-electron chi connectivity index (χ3n) is 6.66. The van der Waals surface area contributed by atoms with Crippen molar-refractivity contribution in [3.05, 3.63) is 65.5 Å². The van der Waals surface area contributed by atoms with Crippen LogP contribution in [0.3, 0.4) is 0 Å². The van der Waals surface area contributed by atoms with Crippen molar-refractivity contribution < 1.29 is 18.7 Å². The Balaban J connectivity index is 1.23. The molecule has 2 amide bonds. The average molecular weight is 439 g/mol. The number of carbonyl (C=O) groups excluding carboxylic acids is 2. The van der Waals surface area contributed by atoms with E-state index in [2.05, 4.69) is 6.92 Å². The van der Waals surface area contributed by atoms with Gasteiger partial charge in [-0.25, -0.2) is 4.39 Å². The normalized spacial score (nSPS) is 17.9. The van der Waals surface area contributed by atoms with E-state index < -0.39 is 5.82 Å². The minimum Gasteiger partial charge on any atom is -0.493 e. The van der Waals surface area contributed by atoms with Crippen LogP contribution in [0.2, 0.25) is 0 Å². The summed E-state index contributed by atoms with van der Waals surface area (Å²) in [4.78, 5) is 28.9. The lowest BCUT2D eigenvalue weighted by atomic mass is 9.97. The van der Waals surface area contributed by atoms with Crippen molar-refractivity contribution in [3.63, 3.8) is 0 Å². The Bertz CT molecular complexity index is 930. The minimum absolute atomic E-state index is 0.0929. The summed E-state index contributed by atoms with van der Waals surface area (Å²) in [5.74, 6) is 1.16. The van der Waals surface area contributed by atoms with Crippen LogP contribution in [0.5, 0.6) is 5.75 Å². The van der Waals surface area contributed by atoms with Crippen molar-refractivity contribution >= 4 is 11.8 Å². The number of likely N-dealkylation sites (tertiary alicyclic amines) is 2. The Hall–Kier alpha value is -2.89. The molecule has 5 nitrogen and oxygen atoms in total. The second-order valence-corrected chi connectivity index (χ2v) is 9.03. The first-order valence-electron chi connectivity index (χ1n) is 11.6. The Morgan fingerprint density at radius 2 is 1.47 bits per heavy atom. The molecule has 0 radical (unpaired) electrons. The summed E-state index contributed by atoms with van der Waals surface area (Å²) in [6.07, 6.45) is 3.78. The molecule has 4 rings (SSSR count). The van der Waals surface area contributed by atoms with Gasteiger partial charge >= 0.3 is 0 Å². The van der Waals surface area contributed by atoms with Gasteiger partial charge in [-0.15, -0.1) is 0 Å². The molecule has 2 saturated heterocycles. The van der Waals surface area contributed by atoms with Gasteiger partial charge in [0.05, 0.1) is 12.2 Å². The van der Waals surface area contributed by atoms with Gasteiger partial charge in [0, 0.05) is 31.7 Å². The Morgan fingerprint density at radius 3 is 2.12 bits per heavy atom. The molecule has 0 N–H and O–H groups in total. The van der Waals surface area contributed by atoms with E-state index in [1.165, 1.54) is 12.1 Å². The van der Waals surface area contributed by atoms with Gasteiger partial charge < -0.3 is 14.5 Å². The minimum atomic E-state index is -0.472. The first-order valence-corrected chi connectivity index (χ1v) is 11.6. The van der Waals surface area contributed by atoms with Crippen molar-refractivity contribution in [2.24, 2.45) is 11.8 Å². The molecule has 0 saturated carbocycles. The molecule has 0 atom stereocenters. The van der Waals surface area contributed by atoms with Crippen LogP contribution < -0.4 is 4.74 Å². The maximum absolute atomic E-state index is 13.9. The lowest BCUT2D eigenvalue weighted by Crippen LogP contribution is -2.40. The van der Waals surface area contributed by atoms with Gasteiger partial charge in [0.2, 0.25) is 0 Å². The predicted molar refractivity (Wildman–Crippen MR) is 121 cm³/mol. The number of rotatable bonds is 5. The number of benzene rings is 2. The molecule has 170 valence electrons. The number of amides is 2. The van der Waals surface area contributed by atoms with Crippen molar-refractivity contribution in [2.45, 2.75) is 32.6 Å². The second kappa shape index (κ2) is 10.2. The number of piperidine rings is 2. The van der Waals surface area contributed by atoms with Crippen molar-refractivity contribution in [1.29, 1.82) is 0 Å². The zero-order valence-electron chi connectivity index (χ0n) is 18.6. The average Bonchev–Trinajstić information content (AvgIpc) is 2.83. The standard InChI is InChI=1S/C26H31FN2O3/c1-19-10-14-28(15-11-19)25(30)21-6-8-22(9-7-21)32-18-20-12-16-29(17-13-20)26(31)23-4-2-3-5-24(23)27/h2-9,19-20H,10-18H2,1H3. The molecule has 2 aliphatic heterocycles. The molecule has 0 aliphatic carbocycles. The zero-order chi connectivity index (χ0) is 22.5. The van der Waals surface area contributed by atoms with Crippen LogP contribution in [0.4, 0.5) is 4.39 Å². The predicted octanol–water partition coefficient (Wildman–Crippen LogP) is 4.63. The lowest BCUT2D eigenvalue weighted by Gasteiger charge is -2.32. The van der Waals surface area contributed by atoms with Crippen LogP contribution in [0.1, 0.15) is 53.3 Å². The highest BCUT2D eigenvalue weighted by Crippen LogP contribution is 2.23. The van der Waals surface area contributed by atoms with Crippen molar-refractivity contribution in [3.8, 4) is 5.75 Å². The molecule has 2 aromatic carbocycles. The van der Waals surface area contributed by atoms with Gasteiger partial charge in [-0.1, -0.05) is 19.1 Å². The molecule has 2 aromatic rings. The Morgan fingerprint density at radius 1 is 0.875 bits per heavy atom. The van der Waals surface area contributed by atoms with Gasteiger partial charge in [-0.2, -0.15) is 0 Å². The van der Waals surface area contributed by atoms with Crippen LogP contribution in [0, 0.1) is 17.7 Å². The van der Waals surface area contributed by atoms with E-state index in [0.29, 0.717) is 37.1 Å². The van der Waals surface area contributed by atoms with Crippen LogP contribution in [0.15, 0.2) is 48.5 Å². The fraction of sp³-hybridized carbons (Fsp3) is 0.462. The monoisotopic (exact) mass is 438 g/mol. The highest BCUT2D eigenvalue weighted by Gasteiger charge is 2.26. The van der Waals surface area contributed by atoms with Gasteiger partial charge in [-0.05, 0) is 73.9 Å². The molecule has 0 spiro atoms. The summed E-state index contributed by atoms with van der Waals surface area (Å²) in [6.45, 7) is 5.66. The van der Waals surface area contributed by atoms with E-state index in [1.807, 2.05) is 29.2 Å². The molecule has 6 heteroatoms. The number of hydrogen-bond donors (Lipinski definition) is 0. The Labute approximate surface area is 189 Å². The molecule has 2 aliphatic rings. The summed E-state index contributed by atoms with van der Waals surface area (Å²) in [5, 5.41) is 0. The fourth-order valence-electron chi connectivity index (χ4n) is 4.41. The summed E-state index contributed by atoms with van der Waals surface area (Å²) < 4.78 is 19.8. The smallest absolute Gasteiger partial charge is 0.256 e. The number of nitrogens with zero attached hydrogens (tertiary/aromatic N) is 2. The molecule has 32 heavy (non-hydrogen) atoms. The lowest BCUT2D eigenvalue weighted by molar-refractivity contribution is 0.0654. The van der Waals surface area contributed by atoms with E-state index in [9.17, 15) is 14.0 Å². The van der Waals surface area contributed by atoms with Gasteiger partial charge in [0.1, 0.15) is 11.6 Å². The largest absolute Gasteiger partial charge is 0.493 e. The van der Waals surface area contributed by atoms with Gasteiger partial charge in [0.25, 0.3) is 11.8 Å². The summed E-state index contributed by atoms with van der Waals surface area (Å²) in [5.41, 5.74) is 0.836. The van der Waals surface area contributed by atoms with Crippen LogP contribution >= 0.6 is 0 Å². The maximum atomic E-state index is 13.9. The molecular formula is C26H31FN2O3. The van der Waals surface area contributed by atoms with Crippen molar-refractivity contribution in [1.82, 2.24) is 9.80 Å². The van der Waals surface area contributed by atoms with Crippen LogP contribution in [-0.2, 0) is 0 Å². The molecule has 0 aromatic heterocycles. The van der Waals surface area contributed by atoms with E-state index in [4.69, 9.17) is 4.74 Å². The number of hydrogen-bond acceptors (Lipinski definition) is 3. The number of ether oxygens (including phenoxy) is 1. The first-order chi connectivity index (χ1) is 15.5. The summed E-state index contributed by atoms with van der Waals surface area (Å²) in [6, 6.07) is 13.5. The van der Waals surface area contributed by atoms with Crippen molar-refractivity contribution in [2.75, 3.05) is 32.8 Å². The quantitative estimate of drug-likeness (QED) is 0.684. The topological polar surface area (TPSA) is 49.9 Å². The third kappa shape index (κ3) is 5.29. The second-order valence-electron chi connectivity index (χ2n) is 9.03. The van der Waals surface area contributed by atoms with Gasteiger partial charge in [-0.3, -0.25) is 9.59 Å². The number of halogens is 1. The van der Waals surface area contributed by atoms with Crippen LogP contribution in [0.25, 0.3) is 0 Å². The fourth-order valence-corrected chi connectivity index (χ4v) is 4.41. The van der Waals surface area contributed by atoms with E-state index >= 15 is 0 Å². The molecule has 0 unspecified atom stereocenters. The molecule has 2 fully saturated rings. The molecule has 2 heterocycles. The molecular weight excluding hydrogens is 407 g/mol. The van der Waals surface area contributed by atoms with E-state index in [0.717, 1.165) is 44.5 Å². The van der Waals surface area contributed by atoms with Gasteiger partial charge in [0.15, 0.2) is 0 Å². The van der Waals surface area contributed by atoms with E-state index in [-0.39, 0.29) is 17.4 Å². The van der Waals surface area contributed by atoms with E-state index in [1.54, 1.807) is 17.0 Å². The summed E-state index contributed by atoms with van der Waals surface area (Å²) in [7, 11) is 0. The SMILES string of the molecule is CC1CCN(C(=O)c2ccc(OCC3CCN(C(=O)c4ccccc4F)CC3)cc2)CC1. The third-order valence-corrected chi connectivity index (χ3v) is 6.66. The zero-order valence-corrected chi connectivity index (χ0v) is 18.6. The highest BCUT2D eigenvalue weighted by molar-refractivity contribution is 5.95.